The van der Waals surface area contributed by atoms with E-state index >= 15 is 0 Å². The number of hydrogen-bond acceptors (Lipinski definition) is 18. The topological polar surface area (TPSA) is 212 Å². The van der Waals surface area contributed by atoms with E-state index in [1.807, 2.05) is 0 Å². The van der Waals surface area contributed by atoms with Crippen molar-refractivity contribution in [3.63, 3.8) is 0 Å². The van der Waals surface area contributed by atoms with Gasteiger partial charge in [0.1, 0.15) is 24.3 Å². The van der Waals surface area contributed by atoms with Gasteiger partial charge in [-0.1, -0.05) is 0 Å². The highest BCUT2D eigenvalue weighted by Gasteiger charge is 2.55. The zero-order chi connectivity index (χ0) is 33.3. The van der Waals surface area contributed by atoms with Gasteiger partial charge in [0.25, 0.3) is 0 Å². The first-order chi connectivity index (χ1) is 20.5. The van der Waals surface area contributed by atoms with Gasteiger partial charge in [0.15, 0.2) is 42.9 Å². The normalized spacial score (nSPS) is 31.5. The van der Waals surface area contributed by atoms with Gasteiger partial charge in [0.05, 0.1) is 6.61 Å². The summed E-state index contributed by atoms with van der Waals surface area (Å²) in [4.78, 5) is 83.3. The number of rotatable bonds is 11. The Bertz CT molecular complexity index is 1090. The molecule has 2 heterocycles. The molecule has 0 aliphatic carbocycles. The Kier molecular flexibility index (Phi) is 13.8. The Balaban J connectivity index is 2.48. The summed E-state index contributed by atoms with van der Waals surface area (Å²) in [5, 5.41) is 0. The van der Waals surface area contributed by atoms with Crippen LogP contribution in [0.1, 0.15) is 48.5 Å². The predicted molar refractivity (Wildman–Crippen MR) is 142 cm³/mol. The van der Waals surface area contributed by atoms with Crippen LogP contribution in [0.3, 0.4) is 0 Å². The molecule has 44 heavy (non-hydrogen) atoms. The van der Waals surface area contributed by atoms with Crippen LogP contribution in [0.25, 0.3) is 0 Å². The van der Waals surface area contributed by atoms with Crippen LogP contribution in [0.4, 0.5) is 0 Å². The van der Waals surface area contributed by atoms with E-state index in [2.05, 4.69) is 12.6 Å². The van der Waals surface area contributed by atoms with Gasteiger partial charge >= 0.3 is 41.8 Å². The maximum atomic E-state index is 12.1. The molecular weight excluding hydrogens is 616 g/mol. The molecule has 0 aromatic heterocycles. The van der Waals surface area contributed by atoms with Gasteiger partial charge in [0.2, 0.25) is 0 Å². The van der Waals surface area contributed by atoms with Crippen molar-refractivity contribution in [1.29, 1.82) is 0 Å². The maximum absolute atomic E-state index is 12.1. The third kappa shape index (κ3) is 10.9. The lowest BCUT2D eigenvalue weighted by Gasteiger charge is -2.46. The molecule has 0 unspecified atom stereocenters. The third-order valence-electron chi connectivity index (χ3n) is 5.89. The second kappa shape index (κ2) is 16.6. The fourth-order valence-corrected chi connectivity index (χ4v) is 4.91. The first kappa shape index (κ1) is 36.7. The SMILES string of the molecule is CC(=O)OC[C@H]1O[C@H](OC[C@H]2O[C@H](S)[C@@H](OC(C)=O)[C@@H](OC(C)=O)[C@@H]2OC(C)=O)[C@@H](OC(C)=O)[C@@H](OC(C)=O)[C@@H]1OC(C)=O. The summed E-state index contributed by atoms with van der Waals surface area (Å²) in [6, 6.07) is 0. The third-order valence-corrected chi connectivity index (χ3v) is 6.30. The molecule has 0 aromatic carbocycles. The second-order valence-corrected chi connectivity index (χ2v) is 10.2. The number of esters is 7. The summed E-state index contributed by atoms with van der Waals surface area (Å²) in [5.74, 6) is -5.60. The van der Waals surface area contributed by atoms with Crippen LogP contribution in [0.15, 0.2) is 0 Å². The minimum atomic E-state index is -1.59. The lowest BCUT2D eigenvalue weighted by atomic mass is 9.97. The fraction of sp³-hybridized carbons (Fsp3) is 0.731. The van der Waals surface area contributed by atoms with Crippen LogP contribution < -0.4 is 0 Å². The van der Waals surface area contributed by atoms with E-state index in [9.17, 15) is 33.6 Å². The predicted octanol–water partition coefficient (Wildman–Crippen LogP) is -0.464. The van der Waals surface area contributed by atoms with Crippen molar-refractivity contribution < 1.29 is 80.9 Å². The minimum absolute atomic E-state index is 0.495. The molecule has 0 aromatic rings. The summed E-state index contributed by atoms with van der Waals surface area (Å²) in [7, 11) is 0. The second-order valence-electron chi connectivity index (χ2n) is 9.69. The number of carbonyl (C=O) groups excluding carboxylic acids is 7. The van der Waals surface area contributed by atoms with Gasteiger partial charge in [-0.25, -0.2) is 0 Å². The summed E-state index contributed by atoms with van der Waals surface area (Å²) < 4.78 is 54.6. The van der Waals surface area contributed by atoms with Crippen LogP contribution in [-0.4, -0.2) is 116 Å². The van der Waals surface area contributed by atoms with E-state index in [4.69, 9.17) is 47.4 Å². The van der Waals surface area contributed by atoms with E-state index in [1.165, 1.54) is 0 Å². The van der Waals surface area contributed by atoms with Crippen molar-refractivity contribution in [3.8, 4) is 0 Å². The molecule has 0 bridgehead atoms. The number of ether oxygens (including phenoxy) is 10. The fourth-order valence-electron chi connectivity index (χ4n) is 4.52. The van der Waals surface area contributed by atoms with Gasteiger partial charge in [-0.2, -0.15) is 0 Å². The zero-order valence-electron chi connectivity index (χ0n) is 25.1. The van der Waals surface area contributed by atoms with E-state index < -0.39 is 116 Å². The number of hydrogen-bond donors (Lipinski definition) is 1. The average Bonchev–Trinajstić information content (AvgIpc) is 2.87. The Hall–Kier alpha value is -3.48. The van der Waals surface area contributed by atoms with E-state index in [0.29, 0.717) is 0 Å². The molecule has 10 atom stereocenters. The van der Waals surface area contributed by atoms with Gasteiger partial charge in [-0.05, 0) is 0 Å². The largest absolute Gasteiger partial charge is 0.463 e. The molecule has 0 radical (unpaired) electrons. The van der Waals surface area contributed by atoms with E-state index in [1.54, 1.807) is 0 Å². The first-order valence-electron chi connectivity index (χ1n) is 13.3. The molecule has 2 fully saturated rings. The Morgan fingerprint density at radius 3 is 1.27 bits per heavy atom. The molecule has 248 valence electrons. The van der Waals surface area contributed by atoms with Gasteiger partial charge in [-0.15, -0.1) is 12.6 Å². The first-order valence-corrected chi connectivity index (χ1v) is 13.8. The van der Waals surface area contributed by atoms with Crippen molar-refractivity contribution >= 4 is 54.4 Å². The molecule has 17 nitrogen and oxygen atoms in total. The standard InChI is InChI=1S/C26H36O17S/c1-10(27)34-8-17-19(36-11(2)28)21(38-13(4)30)23(40-15(6)32)25(42-17)35-9-18-20(37-12(3)29)22(39-14(5)31)24(26(44)43-18)41-16(7)33/h17-26,44H,8-9H2,1-7H3/t17-,18-,19-,20-,21+,22+,23+,24+,25+,26-/m1/s1. The molecule has 2 aliphatic rings. The van der Waals surface area contributed by atoms with Gasteiger partial charge in [-0.3, -0.25) is 33.6 Å². The van der Waals surface area contributed by atoms with Crippen molar-refractivity contribution in [2.45, 2.75) is 109 Å². The lowest BCUT2D eigenvalue weighted by Crippen LogP contribution is -2.64. The smallest absolute Gasteiger partial charge is 0.303 e. The highest BCUT2D eigenvalue weighted by Crippen LogP contribution is 2.33. The van der Waals surface area contributed by atoms with Gasteiger partial charge < -0.3 is 47.4 Å². The Morgan fingerprint density at radius 2 is 0.841 bits per heavy atom. The molecule has 2 aliphatic heterocycles. The molecule has 2 saturated heterocycles. The summed E-state index contributed by atoms with van der Waals surface area (Å²) in [5.41, 5.74) is -1.21. The van der Waals surface area contributed by atoms with Crippen LogP contribution in [-0.2, 0) is 80.9 Å². The van der Waals surface area contributed by atoms with Crippen LogP contribution in [0.5, 0.6) is 0 Å². The molecular formula is C26H36O17S. The van der Waals surface area contributed by atoms with Crippen LogP contribution in [0, 0.1) is 0 Å². The number of thiol groups is 1. The number of carbonyl (C=O) groups is 7. The summed E-state index contributed by atoms with van der Waals surface area (Å²) >= 11 is 4.30. The summed E-state index contributed by atoms with van der Waals surface area (Å²) in [6.07, 6.45) is -12.7. The Morgan fingerprint density at radius 1 is 0.477 bits per heavy atom. The van der Waals surface area contributed by atoms with Crippen molar-refractivity contribution in [2.24, 2.45) is 0 Å². The maximum Gasteiger partial charge on any atom is 0.303 e. The van der Waals surface area contributed by atoms with E-state index in [0.717, 1.165) is 48.5 Å². The molecule has 0 amide bonds. The molecule has 2 rings (SSSR count). The quantitative estimate of drug-likeness (QED) is 0.170. The van der Waals surface area contributed by atoms with Crippen molar-refractivity contribution in [1.82, 2.24) is 0 Å². The van der Waals surface area contributed by atoms with Gasteiger partial charge in [0, 0.05) is 48.5 Å². The van der Waals surface area contributed by atoms with Crippen LogP contribution >= 0.6 is 12.6 Å². The van der Waals surface area contributed by atoms with E-state index in [-0.39, 0.29) is 0 Å². The minimum Gasteiger partial charge on any atom is -0.463 e. The lowest BCUT2D eigenvalue weighted by molar-refractivity contribution is -0.317. The molecule has 18 heteroatoms. The molecule has 0 spiro atoms. The summed E-state index contributed by atoms with van der Waals surface area (Å²) in [6.45, 7) is 6.54. The van der Waals surface area contributed by atoms with Crippen molar-refractivity contribution in [3.05, 3.63) is 0 Å². The highest BCUT2D eigenvalue weighted by atomic mass is 32.1. The average molecular weight is 653 g/mol. The Labute approximate surface area is 257 Å². The zero-order valence-corrected chi connectivity index (χ0v) is 26.0. The monoisotopic (exact) mass is 652 g/mol. The highest BCUT2D eigenvalue weighted by molar-refractivity contribution is 7.80. The molecule has 0 N–H and O–H groups in total. The van der Waals surface area contributed by atoms with Crippen LogP contribution in [0.2, 0.25) is 0 Å². The molecule has 0 saturated carbocycles. The van der Waals surface area contributed by atoms with Crippen molar-refractivity contribution in [2.75, 3.05) is 13.2 Å².